The molecular formula is C9H16N4O2S. The molecule has 0 unspecified atom stereocenters. The lowest BCUT2D eigenvalue weighted by atomic mass is 10.3. The van der Waals surface area contributed by atoms with Gasteiger partial charge >= 0.3 is 0 Å². The van der Waals surface area contributed by atoms with Gasteiger partial charge in [-0.25, -0.2) is 13.1 Å². The minimum absolute atomic E-state index is 0.418. The zero-order valence-electron chi connectivity index (χ0n) is 9.10. The van der Waals surface area contributed by atoms with Gasteiger partial charge in [-0.05, 0) is 12.5 Å². The average molecular weight is 244 g/mol. The highest BCUT2D eigenvalue weighted by Crippen LogP contribution is 2.08. The fourth-order valence-corrected chi connectivity index (χ4v) is 1.65. The molecule has 0 aromatic carbocycles. The highest BCUT2D eigenvalue weighted by molar-refractivity contribution is 7.88. The van der Waals surface area contributed by atoms with E-state index >= 15 is 0 Å². The van der Waals surface area contributed by atoms with Crippen molar-refractivity contribution in [3.63, 3.8) is 0 Å². The number of sulfonamides is 1. The van der Waals surface area contributed by atoms with Gasteiger partial charge in [0, 0.05) is 19.3 Å². The van der Waals surface area contributed by atoms with E-state index in [4.69, 9.17) is 5.73 Å². The third kappa shape index (κ3) is 5.52. The number of aromatic nitrogens is 1. The van der Waals surface area contributed by atoms with Gasteiger partial charge in [0.25, 0.3) is 0 Å². The Morgan fingerprint density at radius 3 is 2.75 bits per heavy atom. The van der Waals surface area contributed by atoms with E-state index in [0.717, 1.165) is 11.9 Å². The van der Waals surface area contributed by atoms with Crippen LogP contribution in [-0.2, 0) is 10.0 Å². The van der Waals surface area contributed by atoms with Crippen LogP contribution < -0.4 is 15.8 Å². The molecule has 1 heterocycles. The van der Waals surface area contributed by atoms with Crippen LogP contribution >= 0.6 is 0 Å². The molecule has 0 bridgehead atoms. The molecule has 16 heavy (non-hydrogen) atoms. The van der Waals surface area contributed by atoms with Gasteiger partial charge in [-0.2, -0.15) is 0 Å². The van der Waals surface area contributed by atoms with Gasteiger partial charge in [0.1, 0.15) is 0 Å². The molecule has 0 amide bonds. The Labute approximate surface area is 95.3 Å². The molecule has 1 rings (SSSR count). The van der Waals surface area contributed by atoms with E-state index in [-0.39, 0.29) is 0 Å². The molecule has 0 aliphatic carbocycles. The standard InChI is InChI=1S/C9H16N4O2S/c1-16(14,15)13-4-2-3-12-9-5-8(10)6-11-7-9/h5-7,12-13H,2-4,10H2,1H3. The van der Waals surface area contributed by atoms with Crippen LogP contribution in [0.1, 0.15) is 6.42 Å². The molecule has 0 saturated heterocycles. The molecule has 90 valence electrons. The second kappa shape index (κ2) is 5.66. The van der Waals surface area contributed by atoms with E-state index in [1.54, 1.807) is 18.5 Å². The van der Waals surface area contributed by atoms with Gasteiger partial charge in [0.05, 0.1) is 23.8 Å². The van der Waals surface area contributed by atoms with Crippen molar-refractivity contribution in [2.24, 2.45) is 0 Å². The monoisotopic (exact) mass is 244 g/mol. The topological polar surface area (TPSA) is 97.1 Å². The Morgan fingerprint density at radius 2 is 2.12 bits per heavy atom. The minimum Gasteiger partial charge on any atom is -0.397 e. The predicted octanol–water partition coefficient (Wildman–Crippen LogP) is 0.0150. The lowest BCUT2D eigenvalue weighted by molar-refractivity contribution is 0.586. The predicted molar refractivity (Wildman–Crippen MR) is 64.6 cm³/mol. The summed E-state index contributed by atoms with van der Waals surface area (Å²) in [6, 6.07) is 1.77. The summed E-state index contributed by atoms with van der Waals surface area (Å²) < 4.78 is 23.9. The summed E-state index contributed by atoms with van der Waals surface area (Å²) >= 11 is 0. The molecule has 0 atom stereocenters. The molecule has 0 aliphatic rings. The number of nitrogens with two attached hydrogens (primary N) is 1. The number of hydrogen-bond acceptors (Lipinski definition) is 5. The molecule has 0 aliphatic heterocycles. The first-order valence-electron chi connectivity index (χ1n) is 4.86. The van der Waals surface area contributed by atoms with Crippen molar-refractivity contribution >= 4 is 21.4 Å². The van der Waals surface area contributed by atoms with Crippen molar-refractivity contribution in [2.45, 2.75) is 6.42 Å². The summed E-state index contributed by atoms with van der Waals surface area (Å²) in [5, 5.41) is 3.09. The number of nitrogens with zero attached hydrogens (tertiary/aromatic N) is 1. The smallest absolute Gasteiger partial charge is 0.208 e. The molecule has 0 fully saturated rings. The molecule has 0 radical (unpaired) electrons. The average Bonchev–Trinajstić information content (AvgIpc) is 2.15. The van der Waals surface area contributed by atoms with Crippen LogP contribution in [0.25, 0.3) is 0 Å². The van der Waals surface area contributed by atoms with Crippen LogP contribution in [0.3, 0.4) is 0 Å². The van der Waals surface area contributed by atoms with Crippen LogP contribution in [0.2, 0.25) is 0 Å². The summed E-state index contributed by atoms with van der Waals surface area (Å²) in [7, 11) is -3.09. The summed E-state index contributed by atoms with van der Waals surface area (Å²) in [5.41, 5.74) is 6.98. The molecule has 6 nitrogen and oxygen atoms in total. The molecular weight excluding hydrogens is 228 g/mol. The van der Waals surface area contributed by atoms with Crippen LogP contribution in [0.4, 0.5) is 11.4 Å². The first-order valence-corrected chi connectivity index (χ1v) is 6.75. The fraction of sp³-hybridized carbons (Fsp3) is 0.444. The summed E-state index contributed by atoms with van der Waals surface area (Å²) in [5.74, 6) is 0. The summed E-state index contributed by atoms with van der Waals surface area (Å²) in [6.07, 6.45) is 5.07. The number of pyridine rings is 1. The normalized spacial score (nSPS) is 11.3. The molecule has 0 spiro atoms. The third-order valence-electron chi connectivity index (χ3n) is 1.81. The van der Waals surface area contributed by atoms with Gasteiger partial charge < -0.3 is 11.1 Å². The van der Waals surface area contributed by atoms with E-state index in [0.29, 0.717) is 25.2 Å². The van der Waals surface area contributed by atoms with Crippen molar-refractivity contribution < 1.29 is 8.42 Å². The van der Waals surface area contributed by atoms with Gasteiger partial charge in [0.15, 0.2) is 0 Å². The van der Waals surface area contributed by atoms with Crippen LogP contribution in [0, 0.1) is 0 Å². The maximum atomic E-state index is 10.8. The van der Waals surface area contributed by atoms with Gasteiger partial charge in [-0.3, -0.25) is 4.98 Å². The molecule has 4 N–H and O–H groups in total. The number of nitrogen functional groups attached to an aromatic ring is 1. The largest absolute Gasteiger partial charge is 0.397 e. The van der Waals surface area contributed by atoms with E-state index < -0.39 is 10.0 Å². The highest BCUT2D eigenvalue weighted by atomic mass is 32.2. The lowest BCUT2D eigenvalue weighted by Gasteiger charge is -2.06. The first kappa shape index (κ1) is 12.7. The van der Waals surface area contributed by atoms with Crippen LogP contribution in [0.15, 0.2) is 18.5 Å². The third-order valence-corrected chi connectivity index (χ3v) is 2.53. The Morgan fingerprint density at radius 1 is 1.38 bits per heavy atom. The maximum Gasteiger partial charge on any atom is 0.208 e. The van der Waals surface area contributed by atoms with Gasteiger partial charge in [0.2, 0.25) is 10.0 Å². The van der Waals surface area contributed by atoms with E-state index in [9.17, 15) is 8.42 Å². The van der Waals surface area contributed by atoms with Crippen molar-refractivity contribution in [3.05, 3.63) is 18.5 Å². The zero-order valence-corrected chi connectivity index (χ0v) is 9.92. The van der Waals surface area contributed by atoms with Crippen molar-refractivity contribution in [1.82, 2.24) is 9.71 Å². The Balaban J connectivity index is 2.21. The van der Waals surface area contributed by atoms with Crippen molar-refractivity contribution in [1.29, 1.82) is 0 Å². The number of nitrogens with one attached hydrogen (secondary N) is 2. The second-order valence-corrected chi connectivity index (χ2v) is 5.29. The Hall–Kier alpha value is -1.34. The molecule has 7 heteroatoms. The number of rotatable bonds is 6. The second-order valence-electron chi connectivity index (χ2n) is 3.45. The lowest BCUT2D eigenvalue weighted by Crippen LogP contribution is -2.24. The van der Waals surface area contributed by atoms with Crippen molar-refractivity contribution in [2.75, 3.05) is 30.4 Å². The minimum atomic E-state index is -3.09. The SMILES string of the molecule is CS(=O)(=O)NCCCNc1cncc(N)c1. The molecule has 0 saturated carbocycles. The number of anilines is 2. The Kier molecular flexibility index (Phi) is 4.51. The fourth-order valence-electron chi connectivity index (χ4n) is 1.13. The summed E-state index contributed by atoms with van der Waals surface area (Å²) in [4.78, 5) is 3.92. The molecule has 1 aromatic rings. The molecule has 1 aromatic heterocycles. The van der Waals surface area contributed by atoms with Crippen molar-refractivity contribution in [3.8, 4) is 0 Å². The van der Waals surface area contributed by atoms with Crippen LogP contribution in [0.5, 0.6) is 0 Å². The number of hydrogen-bond donors (Lipinski definition) is 3. The first-order chi connectivity index (χ1) is 7.47. The van der Waals surface area contributed by atoms with E-state index in [1.807, 2.05) is 0 Å². The highest BCUT2D eigenvalue weighted by Gasteiger charge is 1.98. The Bertz CT molecular complexity index is 433. The summed E-state index contributed by atoms with van der Waals surface area (Å²) in [6.45, 7) is 1.08. The van der Waals surface area contributed by atoms with E-state index in [2.05, 4.69) is 15.0 Å². The van der Waals surface area contributed by atoms with E-state index in [1.165, 1.54) is 0 Å². The van der Waals surface area contributed by atoms with Crippen LogP contribution in [-0.4, -0.2) is 32.7 Å². The zero-order chi connectivity index (χ0) is 12.0. The van der Waals surface area contributed by atoms with Gasteiger partial charge in [-0.1, -0.05) is 0 Å². The maximum absolute atomic E-state index is 10.8. The van der Waals surface area contributed by atoms with Gasteiger partial charge in [-0.15, -0.1) is 0 Å². The quantitative estimate of drug-likeness (QED) is 0.613.